The molecule has 2 N–H and O–H groups in total. The first kappa shape index (κ1) is 15.5. The summed E-state index contributed by atoms with van der Waals surface area (Å²) in [6.07, 6.45) is 4.99. The van der Waals surface area contributed by atoms with Gasteiger partial charge in [0.05, 0.1) is 17.3 Å². The van der Waals surface area contributed by atoms with Crippen LogP contribution in [0.2, 0.25) is 0 Å². The molecular weight excluding hydrogens is 274 g/mol. The first-order valence-electron chi connectivity index (χ1n) is 7.21. The van der Waals surface area contributed by atoms with E-state index < -0.39 is 9.84 Å². The van der Waals surface area contributed by atoms with Crippen molar-refractivity contribution in [2.75, 3.05) is 19.0 Å². The second-order valence-electron chi connectivity index (χ2n) is 5.39. The molecule has 0 heterocycles. The minimum atomic E-state index is -3.25. The first-order valence-corrected chi connectivity index (χ1v) is 8.86. The van der Waals surface area contributed by atoms with Crippen LogP contribution in [-0.2, 0) is 21.1 Å². The minimum absolute atomic E-state index is 0.0433. The van der Waals surface area contributed by atoms with Crippen molar-refractivity contribution in [3.8, 4) is 0 Å². The van der Waals surface area contributed by atoms with Gasteiger partial charge in [0, 0.05) is 13.2 Å². The summed E-state index contributed by atoms with van der Waals surface area (Å²) in [4.78, 5) is 0.346. The average Bonchev–Trinajstić information content (AvgIpc) is 2.97. The molecule has 0 saturated heterocycles. The molecule has 20 heavy (non-hydrogen) atoms. The Morgan fingerprint density at radius 1 is 1.15 bits per heavy atom. The summed E-state index contributed by atoms with van der Waals surface area (Å²) >= 11 is 0. The van der Waals surface area contributed by atoms with Crippen LogP contribution >= 0.6 is 0 Å². The maximum atomic E-state index is 12.1. The minimum Gasteiger partial charge on any atom is -0.380 e. The molecule has 0 amide bonds. The topological polar surface area (TPSA) is 69.4 Å². The molecule has 1 saturated carbocycles. The average molecular weight is 297 g/mol. The predicted octanol–water partition coefficient (Wildman–Crippen LogP) is 2.13. The molecule has 112 valence electrons. The van der Waals surface area contributed by atoms with Crippen LogP contribution in [0, 0.1) is 5.92 Å². The summed E-state index contributed by atoms with van der Waals surface area (Å²) in [7, 11) is -3.25. The zero-order valence-electron chi connectivity index (χ0n) is 11.8. The van der Waals surface area contributed by atoms with E-state index in [1.807, 2.05) is 0 Å². The van der Waals surface area contributed by atoms with Gasteiger partial charge in [0.15, 0.2) is 9.84 Å². The lowest BCUT2D eigenvalue weighted by atomic mass is 10.1. The molecule has 5 heteroatoms. The van der Waals surface area contributed by atoms with Gasteiger partial charge in [-0.1, -0.05) is 25.0 Å². The van der Waals surface area contributed by atoms with Gasteiger partial charge in [-0.25, -0.2) is 8.42 Å². The smallest absolute Gasteiger partial charge is 0.180 e. The Kier molecular flexibility index (Phi) is 5.57. The maximum absolute atomic E-state index is 12.1. The Morgan fingerprint density at radius 3 is 2.40 bits per heavy atom. The fourth-order valence-electron chi connectivity index (χ4n) is 2.55. The standard InChI is InChI=1S/C15H23NO3S/c16-11-13-5-7-15(8-6-13)20(17,18)10-9-19-12-14-3-1-2-4-14/h5-8,14H,1-4,9-12,16H2. The van der Waals surface area contributed by atoms with Crippen LogP contribution < -0.4 is 5.73 Å². The third-order valence-corrected chi connectivity index (χ3v) is 5.54. The van der Waals surface area contributed by atoms with Crippen molar-refractivity contribution in [3.63, 3.8) is 0 Å². The van der Waals surface area contributed by atoms with E-state index in [4.69, 9.17) is 10.5 Å². The predicted molar refractivity (Wildman–Crippen MR) is 79.2 cm³/mol. The van der Waals surface area contributed by atoms with Crippen molar-refractivity contribution in [1.82, 2.24) is 0 Å². The lowest BCUT2D eigenvalue weighted by Gasteiger charge is -2.10. The third kappa shape index (κ3) is 4.30. The van der Waals surface area contributed by atoms with Crippen molar-refractivity contribution in [1.29, 1.82) is 0 Å². The zero-order chi connectivity index (χ0) is 14.4. The molecule has 0 aliphatic heterocycles. The van der Waals surface area contributed by atoms with Crippen molar-refractivity contribution in [2.45, 2.75) is 37.1 Å². The number of ether oxygens (including phenoxy) is 1. The van der Waals surface area contributed by atoms with E-state index in [0.29, 0.717) is 24.0 Å². The molecule has 0 radical (unpaired) electrons. The van der Waals surface area contributed by atoms with Gasteiger partial charge in [0.25, 0.3) is 0 Å². The maximum Gasteiger partial charge on any atom is 0.180 e. The molecule has 1 aliphatic carbocycles. The highest BCUT2D eigenvalue weighted by Crippen LogP contribution is 2.24. The van der Waals surface area contributed by atoms with Crippen LogP contribution in [-0.4, -0.2) is 27.4 Å². The Labute approximate surface area is 121 Å². The molecule has 0 aromatic heterocycles. The molecule has 0 spiro atoms. The van der Waals surface area contributed by atoms with Gasteiger partial charge in [-0.2, -0.15) is 0 Å². The van der Waals surface area contributed by atoms with Crippen LogP contribution in [0.3, 0.4) is 0 Å². The quantitative estimate of drug-likeness (QED) is 0.783. The largest absolute Gasteiger partial charge is 0.380 e. The van der Waals surface area contributed by atoms with E-state index in [0.717, 1.165) is 5.56 Å². The van der Waals surface area contributed by atoms with E-state index in [2.05, 4.69) is 0 Å². The number of hydrogen-bond acceptors (Lipinski definition) is 4. The van der Waals surface area contributed by atoms with Gasteiger partial charge < -0.3 is 10.5 Å². The molecule has 0 bridgehead atoms. The first-order chi connectivity index (χ1) is 9.62. The molecule has 0 unspecified atom stereocenters. The van der Waals surface area contributed by atoms with Crippen LogP contribution in [0.15, 0.2) is 29.2 Å². The van der Waals surface area contributed by atoms with Crippen LogP contribution in [0.4, 0.5) is 0 Å². The van der Waals surface area contributed by atoms with E-state index in [-0.39, 0.29) is 12.4 Å². The third-order valence-electron chi connectivity index (χ3n) is 3.84. The number of rotatable bonds is 7. The Bertz CT molecular complexity index is 504. The second-order valence-corrected chi connectivity index (χ2v) is 7.50. The van der Waals surface area contributed by atoms with E-state index in [9.17, 15) is 8.42 Å². The van der Waals surface area contributed by atoms with Crippen molar-refractivity contribution in [3.05, 3.63) is 29.8 Å². The Morgan fingerprint density at radius 2 is 1.80 bits per heavy atom. The summed E-state index contributed by atoms with van der Waals surface area (Å²) in [5.74, 6) is 0.670. The lowest BCUT2D eigenvalue weighted by Crippen LogP contribution is -2.15. The van der Waals surface area contributed by atoms with E-state index in [1.54, 1.807) is 24.3 Å². The highest BCUT2D eigenvalue weighted by atomic mass is 32.2. The van der Waals surface area contributed by atoms with E-state index in [1.165, 1.54) is 25.7 Å². The second kappa shape index (κ2) is 7.20. The van der Waals surface area contributed by atoms with Crippen molar-refractivity contribution >= 4 is 9.84 Å². The molecule has 0 atom stereocenters. The number of sulfone groups is 1. The highest BCUT2D eigenvalue weighted by molar-refractivity contribution is 7.91. The van der Waals surface area contributed by atoms with Gasteiger partial charge in [-0.05, 0) is 36.5 Å². The lowest BCUT2D eigenvalue weighted by molar-refractivity contribution is 0.114. The molecular formula is C15H23NO3S. The van der Waals surface area contributed by atoms with Crippen LogP contribution in [0.1, 0.15) is 31.2 Å². The summed E-state index contributed by atoms with van der Waals surface area (Å²) in [6, 6.07) is 6.75. The number of benzene rings is 1. The normalized spacial score (nSPS) is 16.6. The molecule has 1 fully saturated rings. The molecule has 1 aromatic carbocycles. The monoisotopic (exact) mass is 297 g/mol. The van der Waals surface area contributed by atoms with Gasteiger partial charge in [-0.3, -0.25) is 0 Å². The highest BCUT2D eigenvalue weighted by Gasteiger charge is 2.17. The van der Waals surface area contributed by atoms with Crippen molar-refractivity contribution < 1.29 is 13.2 Å². The Hall–Kier alpha value is -0.910. The summed E-state index contributed by atoms with van der Waals surface area (Å²) in [5, 5.41) is 0. The van der Waals surface area contributed by atoms with Gasteiger partial charge in [0.1, 0.15) is 0 Å². The van der Waals surface area contributed by atoms with Crippen LogP contribution in [0.5, 0.6) is 0 Å². The van der Waals surface area contributed by atoms with Crippen LogP contribution in [0.25, 0.3) is 0 Å². The summed E-state index contributed by atoms with van der Waals surface area (Å²) in [5.41, 5.74) is 6.43. The molecule has 4 nitrogen and oxygen atoms in total. The van der Waals surface area contributed by atoms with Crippen molar-refractivity contribution in [2.24, 2.45) is 11.7 Å². The fraction of sp³-hybridized carbons (Fsp3) is 0.600. The number of nitrogens with two attached hydrogens (primary N) is 1. The van der Waals surface area contributed by atoms with Gasteiger partial charge >= 0.3 is 0 Å². The molecule has 1 aromatic rings. The van der Waals surface area contributed by atoms with Gasteiger partial charge in [-0.15, -0.1) is 0 Å². The zero-order valence-corrected chi connectivity index (χ0v) is 12.6. The molecule has 2 rings (SSSR count). The van der Waals surface area contributed by atoms with E-state index >= 15 is 0 Å². The molecule has 1 aliphatic rings. The fourth-order valence-corrected chi connectivity index (χ4v) is 3.67. The summed E-state index contributed by atoms with van der Waals surface area (Å²) < 4.78 is 29.8. The van der Waals surface area contributed by atoms with Gasteiger partial charge in [0.2, 0.25) is 0 Å². The number of hydrogen-bond donors (Lipinski definition) is 1. The summed E-state index contributed by atoms with van der Waals surface area (Å²) in [6.45, 7) is 1.39. The SMILES string of the molecule is NCc1ccc(S(=O)(=O)CCOCC2CCCC2)cc1. The Balaban J connectivity index is 1.80.